The Hall–Kier alpha value is -0.970. The first kappa shape index (κ1) is 29.5. The quantitative estimate of drug-likeness (QED) is 0.235. The second-order valence-electron chi connectivity index (χ2n) is 12.7. The Morgan fingerprint density at radius 1 is 0.846 bits per heavy atom. The topological polar surface area (TPSA) is 63.2 Å². The average molecular weight is 565 g/mol. The van der Waals surface area contributed by atoms with Crippen LogP contribution in [-0.2, 0) is 28.5 Å². The van der Waals surface area contributed by atoms with Crippen LogP contribution in [0.5, 0.6) is 0 Å². The van der Waals surface area contributed by atoms with E-state index >= 15 is 0 Å². The van der Waals surface area contributed by atoms with Crippen LogP contribution in [-0.4, -0.2) is 62.9 Å². The van der Waals surface area contributed by atoms with Gasteiger partial charge in [-0.1, -0.05) is 51.4 Å². The molecule has 0 aromatic rings. The fraction of sp³-hybridized carbons (Fsp3) is 0.966. The summed E-state index contributed by atoms with van der Waals surface area (Å²) < 4.78 is 83.3. The summed E-state index contributed by atoms with van der Waals surface area (Å²) in [7, 11) is 0. The largest absolute Gasteiger partial charge is 0.463 e. The lowest BCUT2D eigenvalue weighted by atomic mass is 9.68. The van der Waals surface area contributed by atoms with Crippen molar-refractivity contribution < 1.29 is 46.0 Å². The van der Waals surface area contributed by atoms with Gasteiger partial charge in [0.1, 0.15) is 25.9 Å². The van der Waals surface area contributed by atoms with E-state index < -0.39 is 43.2 Å². The van der Waals surface area contributed by atoms with E-state index in [4.69, 9.17) is 23.7 Å². The fourth-order valence-electron chi connectivity index (χ4n) is 7.49. The zero-order chi connectivity index (χ0) is 27.5. The molecule has 2 aliphatic heterocycles. The summed E-state index contributed by atoms with van der Waals surface area (Å²) in [6.45, 7) is -2.32. The van der Waals surface area contributed by atoms with E-state index in [0.29, 0.717) is 24.9 Å². The molecule has 2 saturated heterocycles. The minimum atomic E-state index is -4.30. The molecule has 5 rings (SSSR count). The average Bonchev–Trinajstić information content (AvgIpc) is 3.35. The Morgan fingerprint density at radius 3 is 2.18 bits per heavy atom. The number of alkyl halides is 4. The summed E-state index contributed by atoms with van der Waals surface area (Å²) in [5.74, 6) is -7.22. The first-order valence-corrected chi connectivity index (χ1v) is 15.1. The molecule has 5 unspecified atom stereocenters. The molecule has 10 heteroatoms. The Morgan fingerprint density at radius 2 is 1.51 bits per heavy atom. The maximum atomic E-state index is 13.9. The van der Waals surface area contributed by atoms with Gasteiger partial charge in [-0.25, -0.2) is 0 Å². The van der Waals surface area contributed by atoms with Crippen molar-refractivity contribution in [3.63, 3.8) is 0 Å². The van der Waals surface area contributed by atoms with E-state index in [1.165, 1.54) is 25.7 Å². The van der Waals surface area contributed by atoms with Gasteiger partial charge in [0, 0.05) is 18.3 Å². The molecule has 39 heavy (non-hydrogen) atoms. The standard InChI is InChI=1S/C29H44F4O6/c30-28(31)17-37-26(38-18-29(28,32)33)22(12-19-5-2-1-3-6-19)9-10-25(34)35-15-24-16-36-27(39-24)23-13-20-7-4-8-21(11-20)14-23/h19-24,26-27H,1-18H2. The summed E-state index contributed by atoms with van der Waals surface area (Å²) >= 11 is 0. The number of hydrogen-bond donors (Lipinski definition) is 0. The highest BCUT2D eigenvalue weighted by molar-refractivity contribution is 5.69. The van der Waals surface area contributed by atoms with E-state index in [1.807, 2.05) is 0 Å². The maximum absolute atomic E-state index is 13.9. The van der Waals surface area contributed by atoms with Gasteiger partial charge in [0.25, 0.3) is 0 Å². The Bertz CT molecular complexity index is 777. The van der Waals surface area contributed by atoms with Crippen LogP contribution in [0.2, 0.25) is 0 Å². The van der Waals surface area contributed by atoms with Gasteiger partial charge in [0.2, 0.25) is 0 Å². The lowest BCUT2D eigenvalue weighted by molar-refractivity contribution is -0.222. The first-order valence-electron chi connectivity index (χ1n) is 15.1. The van der Waals surface area contributed by atoms with Crippen molar-refractivity contribution in [2.75, 3.05) is 26.4 Å². The Labute approximate surface area is 228 Å². The Kier molecular flexibility index (Phi) is 9.77. The van der Waals surface area contributed by atoms with Gasteiger partial charge in [-0.05, 0) is 49.9 Å². The smallest absolute Gasteiger partial charge is 0.335 e. The molecule has 0 aromatic carbocycles. The fourth-order valence-corrected chi connectivity index (χ4v) is 7.49. The molecule has 0 radical (unpaired) electrons. The number of esters is 1. The first-order chi connectivity index (χ1) is 18.7. The predicted molar refractivity (Wildman–Crippen MR) is 133 cm³/mol. The molecule has 3 saturated carbocycles. The van der Waals surface area contributed by atoms with Crippen LogP contribution in [0.1, 0.15) is 89.9 Å². The van der Waals surface area contributed by atoms with Gasteiger partial charge in [0.05, 0.1) is 6.61 Å². The number of carbonyl (C=O) groups excluding carboxylic acids is 1. The Balaban J connectivity index is 1.08. The number of rotatable bonds is 9. The summed E-state index contributed by atoms with van der Waals surface area (Å²) in [6, 6.07) is 0. The number of hydrogen-bond acceptors (Lipinski definition) is 6. The highest BCUT2D eigenvalue weighted by atomic mass is 19.3. The molecular weight excluding hydrogens is 520 g/mol. The third kappa shape index (κ3) is 7.66. The van der Waals surface area contributed by atoms with Crippen molar-refractivity contribution in [2.24, 2.45) is 29.6 Å². The number of fused-ring (bicyclic) bond motifs is 2. The molecule has 5 fully saturated rings. The van der Waals surface area contributed by atoms with Gasteiger partial charge in [-0.3, -0.25) is 4.79 Å². The number of carbonyl (C=O) groups is 1. The van der Waals surface area contributed by atoms with Crippen LogP contribution in [0.4, 0.5) is 17.6 Å². The lowest BCUT2D eigenvalue weighted by Gasteiger charge is -2.40. The molecule has 2 bridgehead atoms. The van der Waals surface area contributed by atoms with Crippen molar-refractivity contribution in [1.82, 2.24) is 0 Å². The van der Waals surface area contributed by atoms with Crippen LogP contribution in [0.25, 0.3) is 0 Å². The van der Waals surface area contributed by atoms with E-state index in [-0.39, 0.29) is 31.8 Å². The van der Waals surface area contributed by atoms with Crippen molar-refractivity contribution >= 4 is 5.97 Å². The minimum Gasteiger partial charge on any atom is -0.463 e. The molecule has 2 heterocycles. The second kappa shape index (κ2) is 12.9. The molecule has 0 amide bonds. The van der Waals surface area contributed by atoms with Gasteiger partial charge in [-0.2, -0.15) is 17.6 Å². The SMILES string of the molecule is O=C(CCC(CC1CCCCC1)C1OCC(F)(F)C(F)(F)CO1)OCC1COC(C2CC3CCCC(C3)C2)O1. The monoisotopic (exact) mass is 564 g/mol. The highest BCUT2D eigenvalue weighted by Crippen LogP contribution is 2.45. The zero-order valence-electron chi connectivity index (χ0n) is 22.8. The second-order valence-corrected chi connectivity index (χ2v) is 12.7. The molecule has 5 aliphatic rings. The van der Waals surface area contributed by atoms with Crippen molar-refractivity contribution in [2.45, 2.75) is 120 Å². The molecule has 3 aliphatic carbocycles. The van der Waals surface area contributed by atoms with E-state index in [9.17, 15) is 22.4 Å². The summed E-state index contributed by atoms with van der Waals surface area (Å²) in [5, 5.41) is 0. The normalized spacial score (nSPS) is 36.3. The maximum Gasteiger partial charge on any atom is 0.335 e. The summed E-state index contributed by atoms with van der Waals surface area (Å²) in [6.07, 6.45) is 11.9. The van der Waals surface area contributed by atoms with Crippen LogP contribution in [0.3, 0.4) is 0 Å². The summed E-state index contributed by atoms with van der Waals surface area (Å²) in [4.78, 5) is 12.6. The highest BCUT2D eigenvalue weighted by Gasteiger charge is 2.59. The van der Waals surface area contributed by atoms with Gasteiger partial charge < -0.3 is 23.7 Å². The van der Waals surface area contributed by atoms with Crippen molar-refractivity contribution in [3.05, 3.63) is 0 Å². The minimum absolute atomic E-state index is 0.0242. The third-order valence-corrected chi connectivity index (χ3v) is 9.61. The van der Waals surface area contributed by atoms with Gasteiger partial charge >= 0.3 is 17.8 Å². The lowest BCUT2D eigenvalue weighted by Crippen LogP contribution is -2.45. The zero-order valence-corrected chi connectivity index (χ0v) is 22.8. The molecule has 0 N–H and O–H groups in total. The number of ether oxygens (including phenoxy) is 5. The van der Waals surface area contributed by atoms with Crippen LogP contribution < -0.4 is 0 Å². The van der Waals surface area contributed by atoms with E-state index in [1.54, 1.807) is 0 Å². The molecule has 5 atom stereocenters. The predicted octanol–water partition coefficient (Wildman–Crippen LogP) is 6.50. The van der Waals surface area contributed by atoms with E-state index in [0.717, 1.165) is 56.8 Å². The molecule has 0 spiro atoms. The van der Waals surface area contributed by atoms with Crippen LogP contribution >= 0.6 is 0 Å². The van der Waals surface area contributed by atoms with Crippen LogP contribution in [0.15, 0.2) is 0 Å². The van der Waals surface area contributed by atoms with Gasteiger partial charge in [-0.15, -0.1) is 0 Å². The van der Waals surface area contributed by atoms with Crippen LogP contribution in [0, 0.1) is 29.6 Å². The molecule has 0 aromatic heterocycles. The van der Waals surface area contributed by atoms with Gasteiger partial charge in [0.15, 0.2) is 12.6 Å². The van der Waals surface area contributed by atoms with Crippen molar-refractivity contribution in [3.8, 4) is 0 Å². The van der Waals surface area contributed by atoms with E-state index in [2.05, 4.69) is 0 Å². The molecule has 224 valence electrons. The molecule has 6 nitrogen and oxygen atoms in total. The third-order valence-electron chi connectivity index (χ3n) is 9.61. The van der Waals surface area contributed by atoms with Crippen molar-refractivity contribution in [1.29, 1.82) is 0 Å². The summed E-state index contributed by atoms with van der Waals surface area (Å²) in [5.41, 5.74) is 0. The number of halogens is 4. The molecular formula is C29H44F4O6.